The zero-order valence-corrected chi connectivity index (χ0v) is 17.3. The Balaban J connectivity index is 1.54. The standard InChI is InChI=1S/C25H22N2O5/c1-31-21-13-10-18(11-14-21)12-15-23(28)32-22-9-5-6-19(16-22)17-26-27-25(30)24(29)20-7-3-2-4-8-20/h2-17,24,29H,1H3,(H,27,30)/b15-12+,26-17+. The van der Waals surface area contributed by atoms with Crippen LogP contribution in [0.1, 0.15) is 22.8 Å². The number of aliphatic hydroxyl groups excluding tert-OH is 1. The van der Waals surface area contributed by atoms with Gasteiger partial charge in [-0.05, 0) is 47.0 Å². The van der Waals surface area contributed by atoms with Gasteiger partial charge in [0, 0.05) is 6.08 Å². The SMILES string of the molecule is COc1ccc(/C=C/C(=O)Oc2cccc(/C=N/NC(=O)C(O)c3ccccc3)c2)cc1. The molecule has 1 atom stereocenters. The Labute approximate surface area is 185 Å². The number of hydrogen-bond donors (Lipinski definition) is 2. The summed E-state index contributed by atoms with van der Waals surface area (Å²) in [4.78, 5) is 24.1. The summed E-state index contributed by atoms with van der Waals surface area (Å²) in [5.41, 5.74) is 4.19. The van der Waals surface area contributed by atoms with Gasteiger partial charge >= 0.3 is 5.97 Å². The van der Waals surface area contributed by atoms with E-state index >= 15 is 0 Å². The van der Waals surface area contributed by atoms with Crippen molar-refractivity contribution in [3.8, 4) is 11.5 Å². The molecular weight excluding hydrogens is 408 g/mol. The third-order valence-electron chi connectivity index (χ3n) is 4.36. The normalized spacial score (nSPS) is 11.9. The quantitative estimate of drug-likeness (QED) is 0.187. The first-order valence-electron chi connectivity index (χ1n) is 9.75. The molecule has 0 aliphatic rings. The average Bonchev–Trinajstić information content (AvgIpc) is 2.83. The largest absolute Gasteiger partial charge is 0.497 e. The van der Waals surface area contributed by atoms with Crippen molar-refractivity contribution in [1.82, 2.24) is 5.43 Å². The van der Waals surface area contributed by atoms with E-state index in [1.807, 2.05) is 12.1 Å². The van der Waals surface area contributed by atoms with Gasteiger partial charge in [0.25, 0.3) is 5.91 Å². The minimum Gasteiger partial charge on any atom is -0.497 e. The highest BCUT2D eigenvalue weighted by molar-refractivity contribution is 5.89. The molecule has 3 aromatic rings. The molecular formula is C25H22N2O5. The number of amides is 1. The number of ether oxygens (including phenoxy) is 2. The molecule has 0 aromatic heterocycles. The highest BCUT2D eigenvalue weighted by atomic mass is 16.5. The number of hydrazone groups is 1. The second kappa shape index (κ2) is 11.2. The molecule has 7 heteroatoms. The van der Waals surface area contributed by atoms with Crippen LogP contribution in [0.15, 0.2) is 90.0 Å². The zero-order valence-electron chi connectivity index (χ0n) is 17.3. The molecule has 32 heavy (non-hydrogen) atoms. The summed E-state index contributed by atoms with van der Waals surface area (Å²) < 4.78 is 10.4. The van der Waals surface area contributed by atoms with Crippen molar-refractivity contribution in [3.63, 3.8) is 0 Å². The number of carbonyl (C=O) groups excluding carboxylic acids is 2. The van der Waals surface area contributed by atoms with Gasteiger partial charge in [0.1, 0.15) is 11.5 Å². The van der Waals surface area contributed by atoms with E-state index in [0.29, 0.717) is 16.9 Å². The number of nitrogens with zero attached hydrogens (tertiary/aromatic N) is 1. The average molecular weight is 430 g/mol. The molecule has 0 saturated carbocycles. The number of methoxy groups -OCH3 is 1. The molecule has 1 unspecified atom stereocenters. The second-order valence-corrected chi connectivity index (χ2v) is 6.65. The van der Waals surface area contributed by atoms with E-state index in [4.69, 9.17) is 9.47 Å². The van der Waals surface area contributed by atoms with Crippen LogP contribution in [-0.2, 0) is 9.59 Å². The van der Waals surface area contributed by atoms with Gasteiger partial charge in [0.2, 0.25) is 0 Å². The van der Waals surface area contributed by atoms with Crippen molar-refractivity contribution in [2.45, 2.75) is 6.10 Å². The predicted octanol–water partition coefficient (Wildman–Crippen LogP) is 3.50. The van der Waals surface area contributed by atoms with E-state index < -0.39 is 18.0 Å². The fraction of sp³-hybridized carbons (Fsp3) is 0.0800. The number of nitrogens with one attached hydrogen (secondary N) is 1. The van der Waals surface area contributed by atoms with Gasteiger partial charge in [0.05, 0.1) is 13.3 Å². The summed E-state index contributed by atoms with van der Waals surface area (Å²) in [6, 6.07) is 22.4. The minimum absolute atomic E-state index is 0.328. The molecule has 0 bridgehead atoms. The Morgan fingerprint density at radius 1 is 0.938 bits per heavy atom. The topological polar surface area (TPSA) is 97.2 Å². The first-order chi connectivity index (χ1) is 15.5. The highest BCUT2D eigenvalue weighted by Gasteiger charge is 2.15. The van der Waals surface area contributed by atoms with Crippen LogP contribution in [-0.4, -0.2) is 30.3 Å². The van der Waals surface area contributed by atoms with Crippen molar-refractivity contribution in [1.29, 1.82) is 0 Å². The van der Waals surface area contributed by atoms with E-state index in [1.165, 1.54) is 12.3 Å². The number of aliphatic hydroxyl groups is 1. The molecule has 0 spiro atoms. The molecule has 3 aromatic carbocycles. The monoisotopic (exact) mass is 430 g/mol. The van der Waals surface area contributed by atoms with Crippen LogP contribution in [0.5, 0.6) is 11.5 Å². The van der Waals surface area contributed by atoms with Crippen LogP contribution in [0.3, 0.4) is 0 Å². The van der Waals surface area contributed by atoms with Crippen molar-refractivity contribution < 1.29 is 24.2 Å². The lowest BCUT2D eigenvalue weighted by atomic mass is 10.1. The van der Waals surface area contributed by atoms with Gasteiger partial charge in [-0.15, -0.1) is 0 Å². The van der Waals surface area contributed by atoms with Gasteiger partial charge < -0.3 is 14.6 Å². The molecule has 0 fully saturated rings. The third-order valence-corrected chi connectivity index (χ3v) is 4.36. The van der Waals surface area contributed by atoms with Gasteiger partial charge in [0.15, 0.2) is 6.10 Å². The van der Waals surface area contributed by atoms with Crippen molar-refractivity contribution in [2.75, 3.05) is 7.11 Å². The predicted molar refractivity (Wildman–Crippen MR) is 121 cm³/mol. The minimum atomic E-state index is -1.32. The van der Waals surface area contributed by atoms with Crippen LogP contribution in [0.4, 0.5) is 0 Å². The van der Waals surface area contributed by atoms with E-state index in [9.17, 15) is 14.7 Å². The van der Waals surface area contributed by atoms with Crippen molar-refractivity contribution in [3.05, 3.63) is 102 Å². The summed E-state index contributed by atoms with van der Waals surface area (Å²) in [5, 5.41) is 13.9. The van der Waals surface area contributed by atoms with Crippen LogP contribution in [0, 0.1) is 0 Å². The lowest BCUT2D eigenvalue weighted by molar-refractivity contribution is -0.130. The number of hydrogen-bond acceptors (Lipinski definition) is 6. The first-order valence-corrected chi connectivity index (χ1v) is 9.75. The fourth-order valence-electron chi connectivity index (χ4n) is 2.71. The Hall–Kier alpha value is -4.23. The molecule has 0 radical (unpaired) electrons. The van der Waals surface area contributed by atoms with Crippen molar-refractivity contribution >= 4 is 24.2 Å². The molecule has 3 rings (SSSR count). The van der Waals surface area contributed by atoms with E-state index in [-0.39, 0.29) is 0 Å². The molecule has 1 amide bonds. The number of carbonyl (C=O) groups is 2. The maximum Gasteiger partial charge on any atom is 0.336 e. The van der Waals surface area contributed by atoms with Gasteiger partial charge in [-0.1, -0.05) is 54.6 Å². The smallest absolute Gasteiger partial charge is 0.336 e. The van der Waals surface area contributed by atoms with E-state index in [2.05, 4.69) is 10.5 Å². The Morgan fingerprint density at radius 2 is 1.69 bits per heavy atom. The Morgan fingerprint density at radius 3 is 2.41 bits per heavy atom. The summed E-state index contributed by atoms with van der Waals surface area (Å²) >= 11 is 0. The van der Waals surface area contributed by atoms with Gasteiger partial charge in [-0.25, -0.2) is 10.2 Å². The Kier molecular flexibility index (Phi) is 7.89. The van der Waals surface area contributed by atoms with Gasteiger partial charge in [-0.2, -0.15) is 5.10 Å². The maximum atomic E-state index is 12.1. The highest BCUT2D eigenvalue weighted by Crippen LogP contribution is 2.15. The second-order valence-electron chi connectivity index (χ2n) is 6.65. The first kappa shape index (κ1) is 22.5. The van der Waals surface area contributed by atoms with Crippen LogP contribution < -0.4 is 14.9 Å². The summed E-state index contributed by atoms with van der Waals surface area (Å²) in [6.07, 6.45) is 3.03. The number of rotatable bonds is 8. The van der Waals surface area contributed by atoms with Crippen LogP contribution in [0.25, 0.3) is 6.08 Å². The summed E-state index contributed by atoms with van der Waals surface area (Å²) in [5.74, 6) is -0.129. The summed E-state index contributed by atoms with van der Waals surface area (Å²) in [7, 11) is 1.59. The summed E-state index contributed by atoms with van der Waals surface area (Å²) in [6.45, 7) is 0. The molecule has 0 aliphatic heterocycles. The molecule has 0 aliphatic carbocycles. The van der Waals surface area contributed by atoms with Gasteiger partial charge in [-0.3, -0.25) is 4.79 Å². The molecule has 0 saturated heterocycles. The fourth-order valence-corrected chi connectivity index (χ4v) is 2.71. The molecule has 2 N–H and O–H groups in total. The lowest BCUT2D eigenvalue weighted by Gasteiger charge is -2.08. The maximum absolute atomic E-state index is 12.1. The lowest BCUT2D eigenvalue weighted by Crippen LogP contribution is -2.25. The van der Waals surface area contributed by atoms with E-state index in [0.717, 1.165) is 11.3 Å². The van der Waals surface area contributed by atoms with Crippen LogP contribution in [0.2, 0.25) is 0 Å². The van der Waals surface area contributed by atoms with Crippen molar-refractivity contribution in [2.24, 2.45) is 5.10 Å². The van der Waals surface area contributed by atoms with Crippen LogP contribution >= 0.6 is 0 Å². The molecule has 7 nitrogen and oxygen atoms in total. The number of esters is 1. The Bertz CT molecular complexity index is 1110. The number of benzene rings is 3. The van der Waals surface area contributed by atoms with E-state index in [1.54, 1.807) is 79.9 Å². The molecule has 162 valence electrons. The third kappa shape index (κ3) is 6.65. The molecule has 0 heterocycles. The zero-order chi connectivity index (χ0) is 22.8.